The number of nitrogens with one attached hydrogen (secondary N) is 1. The zero-order valence-electron chi connectivity index (χ0n) is 14.1. The largest absolute Gasteiger partial charge is 0.381 e. The fourth-order valence-electron chi connectivity index (χ4n) is 2.76. The summed E-state index contributed by atoms with van der Waals surface area (Å²) in [7, 11) is 0. The minimum atomic E-state index is 0.100. The molecule has 0 spiro atoms. The zero-order chi connectivity index (χ0) is 16.0. The highest BCUT2D eigenvalue weighted by Gasteiger charge is 2.22. The number of allylic oxidation sites excluding steroid dienone is 4. The van der Waals surface area contributed by atoms with Crippen LogP contribution in [0.5, 0.6) is 0 Å². The topological polar surface area (TPSA) is 46.2 Å². The van der Waals surface area contributed by atoms with Gasteiger partial charge in [-0.15, -0.1) is 0 Å². The third-order valence-electron chi connectivity index (χ3n) is 4.47. The summed E-state index contributed by atoms with van der Waals surface area (Å²) in [5, 5.41) is 3.30. The van der Waals surface area contributed by atoms with Gasteiger partial charge in [0.25, 0.3) is 0 Å². The zero-order valence-corrected chi connectivity index (χ0v) is 14.1. The van der Waals surface area contributed by atoms with Crippen LogP contribution < -0.4 is 5.32 Å². The van der Waals surface area contributed by atoms with E-state index in [1.807, 2.05) is 20.8 Å². The molecule has 1 N–H and O–H groups in total. The summed E-state index contributed by atoms with van der Waals surface area (Å²) in [6.07, 6.45) is 4.70. The van der Waals surface area contributed by atoms with Gasteiger partial charge >= 0.3 is 0 Å². The number of carbonyl (C=O) groups excluding carboxylic acids is 2. The lowest BCUT2D eigenvalue weighted by molar-refractivity contribution is -0.121. The second-order valence-electron chi connectivity index (χ2n) is 6.00. The van der Waals surface area contributed by atoms with Crippen LogP contribution in [0, 0.1) is 5.92 Å². The number of hydrogen-bond donors (Lipinski definition) is 1. The fraction of sp³-hybridized carbons (Fsp3) is 0.667. The van der Waals surface area contributed by atoms with Crippen molar-refractivity contribution in [1.29, 1.82) is 0 Å². The van der Waals surface area contributed by atoms with Crippen LogP contribution in [-0.2, 0) is 9.59 Å². The number of carbonyl (C=O) groups is 2. The summed E-state index contributed by atoms with van der Waals surface area (Å²) in [4.78, 5) is 23.9. The smallest absolute Gasteiger partial charge is 0.160 e. The van der Waals surface area contributed by atoms with Crippen molar-refractivity contribution >= 4 is 11.6 Å². The molecule has 0 aromatic rings. The van der Waals surface area contributed by atoms with Gasteiger partial charge in [0, 0.05) is 17.2 Å². The van der Waals surface area contributed by atoms with Crippen LogP contribution >= 0.6 is 0 Å². The van der Waals surface area contributed by atoms with Gasteiger partial charge in [-0.25, -0.2) is 0 Å². The van der Waals surface area contributed by atoms with Gasteiger partial charge in [-0.1, -0.05) is 26.3 Å². The Balaban J connectivity index is 2.93. The molecule has 0 saturated carbocycles. The van der Waals surface area contributed by atoms with Crippen molar-refractivity contribution < 1.29 is 9.59 Å². The molecule has 1 atom stereocenters. The van der Waals surface area contributed by atoms with Crippen LogP contribution in [0.25, 0.3) is 0 Å². The predicted octanol–water partition coefficient (Wildman–Crippen LogP) is 3.94. The summed E-state index contributed by atoms with van der Waals surface area (Å²) in [5.74, 6) is 0.485. The summed E-state index contributed by atoms with van der Waals surface area (Å²) < 4.78 is 0. The van der Waals surface area contributed by atoms with Crippen LogP contribution in [0.3, 0.4) is 0 Å². The third-order valence-corrected chi connectivity index (χ3v) is 4.47. The first-order valence-electron chi connectivity index (χ1n) is 8.11. The Bertz CT molecular complexity index is 472. The molecule has 0 radical (unpaired) electrons. The molecule has 1 rings (SSSR count). The molecule has 0 bridgehead atoms. The molecule has 0 aromatic heterocycles. The molecular weight excluding hydrogens is 262 g/mol. The summed E-state index contributed by atoms with van der Waals surface area (Å²) >= 11 is 0. The lowest BCUT2D eigenvalue weighted by atomic mass is 9.94. The molecule has 0 saturated heterocycles. The van der Waals surface area contributed by atoms with Crippen molar-refractivity contribution in [3.05, 3.63) is 22.4 Å². The van der Waals surface area contributed by atoms with Gasteiger partial charge in [-0.05, 0) is 51.5 Å². The molecule has 3 heteroatoms. The molecule has 1 aliphatic carbocycles. The van der Waals surface area contributed by atoms with Gasteiger partial charge in [0.2, 0.25) is 0 Å². The highest BCUT2D eigenvalue weighted by atomic mass is 16.1. The maximum absolute atomic E-state index is 12.0. The molecule has 0 fully saturated rings. The number of Topliss-reactive ketones (excluding diaryl/α,β-unsaturated/α-hetero) is 2. The normalized spacial score (nSPS) is 17.6. The van der Waals surface area contributed by atoms with Crippen molar-refractivity contribution in [2.75, 3.05) is 6.54 Å². The van der Waals surface area contributed by atoms with E-state index in [0.717, 1.165) is 54.5 Å². The molecule has 0 heterocycles. The molecule has 0 aromatic carbocycles. The van der Waals surface area contributed by atoms with Gasteiger partial charge in [0.15, 0.2) is 11.6 Å². The first-order valence-corrected chi connectivity index (χ1v) is 8.11. The Morgan fingerprint density at radius 2 is 1.86 bits per heavy atom. The van der Waals surface area contributed by atoms with Crippen LogP contribution in [0.4, 0.5) is 0 Å². The van der Waals surface area contributed by atoms with Crippen molar-refractivity contribution in [2.24, 2.45) is 5.92 Å². The maximum atomic E-state index is 12.0. The number of ketones is 2. The molecule has 118 valence electrons. The van der Waals surface area contributed by atoms with E-state index in [1.165, 1.54) is 0 Å². The predicted molar refractivity (Wildman–Crippen MR) is 87.0 cm³/mol. The molecule has 21 heavy (non-hydrogen) atoms. The minimum Gasteiger partial charge on any atom is -0.381 e. The Hall–Kier alpha value is -1.38. The average molecular weight is 291 g/mol. The third kappa shape index (κ3) is 4.55. The summed E-state index contributed by atoms with van der Waals surface area (Å²) in [6, 6.07) is 0. The fourth-order valence-corrected chi connectivity index (χ4v) is 2.76. The first kappa shape index (κ1) is 17.7. The van der Waals surface area contributed by atoms with Gasteiger partial charge in [0.1, 0.15) is 0 Å². The molecule has 3 nitrogen and oxygen atoms in total. The average Bonchev–Trinajstić information content (AvgIpc) is 2.91. The van der Waals surface area contributed by atoms with Gasteiger partial charge in [-0.2, -0.15) is 0 Å². The van der Waals surface area contributed by atoms with E-state index in [1.54, 1.807) is 6.92 Å². The van der Waals surface area contributed by atoms with E-state index >= 15 is 0 Å². The quantitative estimate of drug-likeness (QED) is 0.689. The summed E-state index contributed by atoms with van der Waals surface area (Å²) in [6.45, 7) is 10.1. The van der Waals surface area contributed by atoms with E-state index in [-0.39, 0.29) is 17.5 Å². The maximum Gasteiger partial charge on any atom is 0.160 e. The molecule has 0 aliphatic heterocycles. The van der Waals surface area contributed by atoms with E-state index < -0.39 is 0 Å². The van der Waals surface area contributed by atoms with Crippen molar-refractivity contribution in [2.45, 2.75) is 66.7 Å². The Labute approximate surface area is 128 Å². The lowest BCUT2D eigenvalue weighted by Crippen LogP contribution is -2.27. The van der Waals surface area contributed by atoms with Gasteiger partial charge in [-0.3, -0.25) is 9.59 Å². The van der Waals surface area contributed by atoms with Crippen LogP contribution in [0.15, 0.2) is 22.4 Å². The molecule has 0 amide bonds. The van der Waals surface area contributed by atoms with E-state index in [9.17, 15) is 9.59 Å². The van der Waals surface area contributed by atoms with Crippen molar-refractivity contribution in [3.63, 3.8) is 0 Å². The first-order chi connectivity index (χ1) is 9.92. The van der Waals surface area contributed by atoms with Crippen LogP contribution in [-0.4, -0.2) is 18.1 Å². The molecule has 1 aliphatic rings. The van der Waals surface area contributed by atoms with Crippen molar-refractivity contribution in [1.82, 2.24) is 5.32 Å². The molecular formula is C18H29NO2. The minimum absolute atomic E-state index is 0.100. The Morgan fingerprint density at radius 3 is 2.38 bits per heavy atom. The van der Waals surface area contributed by atoms with Gasteiger partial charge in [0.05, 0.1) is 6.54 Å². The van der Waals surface area contributed by atoms with Gasteiger partial charge < -0.3 is 5.32 Å². The van der Waals surface area contributed by atoms with Crippen LogP contribution in [0.2, 0.25) is 0 Å². The van der Waals surface area contributed by atoms with E-state index in [4.69, 9.17) is 0 Å². The van der Waals surface area contributed by atoms with E-state index in [2.05, 4.69) is 12.2 Å². The van der Waals surface area contributed by atoms with Crippen molar-refractivity contribution in [3.8, 4) is 0 Å². The molecule has 1 unspecified atom stereocenters. The number of rotatable bonds is 8. The van der Waals surface area contributed by atoms with Crippen LogP contribution in [0.1, 0.15) is 66.7 Å². The Morgan fingerprint density at radius 1 is 1.19 bits per heavy atom. The standard InChI is InChI=1S/C18H29NO2/c1-6-12(3)17(21)11-19-16-10-8-9-15(16)18(14(5)20)13(4)7-2/h12,19H,6-11H2,1-5H3. The summed E-state index contributed by atoms with van der Waals surface area (Å²) in [5.41, 5.74) is 4.27. The SMILES string of the molecule is CCC(C)=C(C(C)=O)C1=C(NCC(=O)C(C)CC)CCC1. The monoisotopic (exact) mass is 291 g/mol. The second-order valence-corrected chi connectivity index (χ2v) is 6.00. The number of hydrogen-bond acceptors (Lipinski definition) is 3. The van der Waals surface area contributed by atoms with E-state index in [0.29, 0.717) is 6.54 Å². The highest BCUT2D eigenvalue weighted by Crippen LogP contribution is 2.32. The highest BCUT2D eigenvalue weighted by molar-refractivity contribution is 5.98. The Kier molecular flexibility index (Phi) is 6.86. The lowest BCUT2D eigenvalue weighted by Gasteiger charge is -2.15. The second kappa shape index (κ2) is 8.16.